The third-order valence-corrected chi connectivity index (χ3v) is 6.09. The molecule has 9 nitrogen and oxygen atoms in total. The third kappa shape index (κ3) is 3.53. The fourth-order valence-electron chi connectivity index (χ4n) is 2.50. The average Bonchev–Trinajstić information content (AvgIpc) is 2.94. The maximum absolute atomic E-state index is 12.7. The van der Waals surface area contributed by atoms with Crippen molar-refractivity contribution in [2.75, 3.05) is 11.5 Å². The second-order valence-corrected chi connectivity index (χ2v) is 8.81. The van der Waals surface area contributed by atoms with Crippen molar-refractivity contribution in [1.82, 2.24) is 25.1 Å². The molecule has 2 N–H and O–H groups in total. The summed E-state index contributed by atoms with van der Waals surface area (Å²) in [7, 11) is 1.75. The topological polar surface area (TPSA) is 116 Å². The predicted molar refractivity (Wildman–Crippen MR) is 93.5 cm³/mol. The van der Waals surface area contributed by atoms with Crippen LogP contribution in [0.25, 0.3) is 0 Å². The number of esters is 1. The molecule has 3 heterocycles. The van der Waals surface area contributed by atoms with Crippen LogP contribution in [0.4, 0.5) is 0 Å². The van der Waals surface area contributed by atoms with Gasteiger partial charge in [-0.3, -0.25) is 9.69 Å². The van der Waals surface area contributed by atoms with E-state index in [1.165, 1.54) is 16.7 Å². The van der Waals surface area contributed by atoms with Gasteiger partial charge in [0.25, 0.3) is 0 Å². The first kappa shape index (κ1) is 18.2. The van der Waals surface area contributed by atoms with E-state index in [0.717, 1.165) is 5.57 Å². The quantitative estimate of drug-likeness (QED) is 0.439. The van der Waals surface area contributed by atoms with Crippen LogP contribution in [0, 0.1) is 0 Å². The maximum Gasteiger partial charge on any atom is 0.355 e. The summed E-state index contributed by atoms with van der Waals surface area (Å²) < 4.78 is 7.07. The van der Waals surface area contributed by atoms with E-state index in [-0.39, 0.29) is 11.3 Å². The van der Waals surface area contributed by atoms with Crippen LogP contribution in [0.5, 0.6) is 0 Å². The number of hydrogen-bond donors (Lipinski definition) is 1. The van der Waals surface area contributed by atoms with Crippen LogP contribution in [0.1, 0.15) is 20.8 Å². The van der Waals surface area contributed by atoms with Gasteiger partial charge in [0, 0.05) is 18.6 Å². The zero-order chi connectivity index (χ0) is 18.4. The molecule has 2 aliphatic heterocycles. The number of β-lactam (4-membered cyclic amide) rings is 1. The number of fused-ring (bicyclic) bond motifs is 1. The van der Waals surface area contributed by atoms with Crippen molar-refractivity contribution in [3.8, 4) is 0 Å². The van der Waals surface area contributed by atoms with Gasteiger partial charge in [-0.15, -0.1) is 16.9 Å². The van der Waals surface area contributed by atoms with Crippen LogP contribution in [0.2, 0.25) is 0 Å². The summed E-state index contributed by atoms with van der Waals surface area (Å²) in [5.41, 5.74) is 6.35. The normalized spacial score (nSPS) is 23.4. The molecule has 0 spiro atoms. The molecule has 0 radical (unpaired) electrons. The van der Waals surface area contributed by atoms with E-state index in [2.05, 4.69) is 15.5 Å². The van der Waals surface area contributed by atoms with Crippen molar-refractivity contribution in [3.63, 3.8) is 0 Å². The second-order valence-electron chi connectivity index (χ2n) is 6.76. The number of ether oxygens (including phenoxy) is 1. The van der Waals surface area contributed by atoms with Gasteiger partial charge in [0.2, 0.25) is 11.1 Å². The lowest BCUT2D eigenvalue weighted by atomic mass is 10.0. The van der Waals surface area contributed by atoms with Gasteiger partial charge in [0.05, 0.1) is 0 Å². The van der Waals surface area contributed by atoms with Gasteiger partial charge in [0.1, 0.15) is 22.7 Å². The number of thioether (sulfide) groups is 2. The van der Waals surface area contributed by atoms with Crippen LogP contribution in [-0.2, 0) is 21.4 Å². The van der Waals surface area contributed by atoms with Crippen LogP contribution in [0.3, 0.4) is 0 Å². The van der Waals surface area contributed by atoms with Gasteiger partial charge in [-0.2, -0.15) is 0 Å². The highest BCUT2D eigenvalue weighted by atomic mass is 32.2. The molecule has 1 saturated heterocycles. The number of amides is 1. The third-order valence-electron chi connectivity index (χ3n) is 3.64. The minimum absolute atomic E-state index is 0.208. The summed E-state index contributed by atoms with van der Waals surface area (Å²) in [5, 5.41) is 11.7. The molecule has 1 aromatic rings. The Balaban J connectivity index is 1.87. The second kappa shape index (κ2) is 6.61. The summed E-state index contributed by atoms with van der Waals surface area (Å²) in [6.07, 6.45) is 0. The largest absolute Gasteiger partial charge is 0.455 e. The zero-order valence-corrected chi connectivity index (χ0v) is 16.1. The monoisotopic (exact) mass is 384 g/mol. The molecule has 0 bridgehead atoms. The summed E-state index contributed by atoms with van der Waals surface area (Å²) in [6.45, 7) is 5.39. The number of carbonyl (C=O) groups excluding carboxylic acids is 2. The van der Waals surface area contributed by atoms with Crippen LogP contribution in [0.15, 0.2) is 16.4 Å². The number of aromatic nitrogens is 4. The Bertz CT molecular complexity index is 741. The minimum atomic E-state index is -0.647. The van der Waals surface area contributed by atoms with Gasteiger partial charge in [-0.25, -0.2) is 9.48 Å². The number of tetrazole rings is 1. The van der Waals surface area contributed by atoms with E-state index < -0.39 is 17.6 Å². The van der Waals surface area contributed by atoms with E-state index >= 15 is 0 Å². The molecule has 0 saturated carbocycles. The standard InChI is InChI=1S/C14H20N6O3S2/c1-14(2,3)23-12(22)9-7(6-25-13-16-17-18-19(13)4)5-24-11-8(15)10(21)20(9)11/h8,11H,5-6,15H2,1-4H3. The van der Waals surface area contributed by atoms with E-state index in [1.807, 2.05) is 0 Å². The number of hydrogen-bond acceptors (Lipinski definition) is 9. The number of nitrogens with zero attached hydrogens (tertiary/aromatic N) is 5. The Morgan fingerprint density at radius 1 is 1.48 bits per heavy atom. The number of rotatable bonds is 4. The Morgan fingerprint density at radius 3 is 2.80 bits per heavy atom. The summed E-state index contributed by atoms with van der Waals surface area (Å²) in [6, 6.07) is -0.570. The molecule has 25 heavy (non-hydrogen) atoms. The summed E-state index contributed by atoms with van der Waals surface area (Å²) >= 11 is 2.96. The van der Waals surface area contributed by atoms with Crippen molar-refractivity contribution in [3.05, 3.63) is 11.3 Å². The number of nitrogens with two attached hydrogens (primary N) is 1. The van der Waals surface area contributed by atoms with Crippen LogP contribution < -0.4 is 5.73 Å². The van der Waals surface area contributed by atoms with Gasteiger partial charge < -0.3 is 10.5 Å². The molecule has 2 aliphatic rings. The van der Waals surface area contributed by atoms with Gasteiger partial charge in [-0.05, 0) is 36.8 Å². The Kier molecular flexibility index (Phi) is 4.82. The highest BCUT2D eigenvalue weighted by Crippen LogP contribution is 2.41. The lowest BCUT2D eigenvalue weighted by Gasteiger charge is -2.48. The molecular weight excluding hydrogens is 364 g/mol. The molecule has 1 amide bonds. The molecule has 0 aromatic carbocycles. The fourth-order valence-corrected chi connectivity index (χ4v) is 4.78. The molecule has 2 atom stereocenters. The van der Waals surface area contributed by atoms with E-state index in [9.17, 15) is 9.59 Å². The first-order valence-corrected chi connectivity index (χ1v) is 9.73. The molecule has 0 aliphatic carbocycles. The molecule has 11 heteroatoms. The van der Waals surface area contributed by atoms with Crippen molar-refractivity contribution in [2.45, 2.75) is 42.9 Å². The van der Waals surface area contributed by atoms with Crippen LogP contribution in [-0.4, -0.2) is 65.5 Å². The molecule has 1 aromatic heterocycles. The summed E-state index contributed by atoms with van der Waals surface area (Å²) in [5.74, 6) is 0.349. The minimum Gasteiger partial charge on any atom is -0.455 e. The van der Waals surface area contributed by atoms with Crippen LogP contribution >= 0.6 is 23.5 Å². The van der Waals surface area contributed by atoms with E-state index in [1.54, 1.807) is 44.3 Å². The predicted octanol–water partition coefficient (Wildman–Crippen LogP) is 0.140. The summed E-state index contributed by atoms with van der Waals surface area (Å²) in [4.78, 5) is 26.4. The molecule has 3 rings (SSSR count). The lowest BCUT2D eigenvalue weighted by molar-refractivity contribution is -0.157. The Morgan fingerprint density at radius 2 is 2.20 bits per heavy atom. The van der Waals surface area contributed by atoms with Crippen molar-refractivity contribution in [2.24, 2.45) is 12.8 Å². The number of carbonyl (C=O) groups is 2. The van der Waals surface area contributed by atoms with E-state index in [4.69, 9.17) is 10.5 Å². The highest BCUT2D eigenvalue weighted by molar-refractivity contribution is 8.01. The zero-order valence-electron chi connectivity index (χ0n) is 14.4. The van der Waals surface area contributed by atoms with E-state index in [0.29, 0.717) is 22.4 Å². The SMILES string of the molecule is Cn1nnnc1SCC1=C(C(=O)OC(C)(C)C)N2C(=O)C(N)C2SC1. The fraction of sp³-hybridized carbons (Fsp3) is 0.643. The number of aryl methyl sites for hydroxylation is 1. The molecular formula is C14H20N6O3S2. The van der Waals surface area contributed by atoms with Gasteiger partial charge >= 0.3 is 5.97 Å². The molecule has 2 unspecified atom stereocenters. The van der Waals surface area contributed by atoms with Crippen molar-refractivity contribution < 1.29 is 14.3 Å². The highest BCUT2D eigenvalue weighted by Gasteiger charge is 2.52. The smallest absolute Gasteiger partial charge is 0.355 e. The Hall–Kier alpha value is -1.59. The lowest BCUT2D eigenvalue weighted by Crippen LogP contribution is -2.68. The Labute approximate surface area is 153 Å². The van der Waals surface area contributed by atoms with Crippen molar-refractivity contribution >= 4 is 35.4 Å². The maximum atomic E-state index is 12.7. The van der Waals surface area contributed by atoms with Gasteiger partial charge in [0.15, 0.2) is 0 Å². The first-order valence-electron chi connectivity index (χ1n) is 7.70. The molecule has 136 valence electrons. The van der Waals surface area contributed by atoms with Crippen molar-refractivity contribution in [1.29, 1.82) is 0 Å². The first-order chi connectivity index (χ1) is 11.7. The average molecular weight is 384 g/mol. The van der Waals surface area contributed by atoms with Gasteiger partial charge in [-0.1, -0.05) is 11.8 Å². The molecule has 1 fully saturated rings.